The summed E-state index contributed by atoms with van der Waals surface area (Å²) in [5.41, 5.74) is 2.27. The van der Waals surface area contributed by atoms with E-state index in [0.29, 0.717) is 10.4 Å². The molecule has 16 heteroatoms. The van der Waals surface area contributed by atoms with Gasteiger partial charge in [-0.15, -0.1) is 0 Å². The van der Waals surface area contributed by atoms with E-state index in [1.807, 2.05) is 36.7 Å². The maximum atomic E-state index is 13.2. The summed E-state index contributed by atoms with van der Waals surface area (Å²) in [5, 5.41) is -6.59. The smallest absolute Gasteiger partial charge is 0.322 e. The van der Waals surface area contributed by atoms with E-state index in [2.05, 4.69) is 20.3 Å². The molecular formula is C18H12B8N6O2. The maximum absolute atomic E-state index is 13.2. The molecule has 1 aliphatic heterocycles. The van der Waals surface area contributed by atoms with Gasteiger partial charge in [-0.05, 0) is 34.5 Å². The first-order valence-corrected chi connectivity index (χ1v) is 9.96. The zero-order valence-corrected chi connectivity index (χ0v) is 18.6. The van der Waals surface area contributed by atoms with Crippen molar-refractivity contribution in [3.63, 3.8) is 0 Å². The first kappa shape index (κ1) is 24.6. The van der Waals surface area contributed by atoms with Gasteiger partial charge in [0.1, 0.15) is 37.2 Å². The molecule has 1 saturated heterocycles. The van der Waals surface area contributed by atoms with E-state index < -0.39 is 27.5 Å². The maximum Gasteiger partial charge on any atom is 0.322 e. The molecule has 1 fully saturated rings. The van der Waals surface area contributed by atoms with Crippen molar-refractivity contribution in [1.82, 2.24) is 24.4 Å². The number of fused-ring (bicyclic) bond motifs is 1. The number of morpholine rings is 1. The molecule has 34 heavy (non-hydrogen) atoms. The molecule has 2 amide bonds. The quantitative estimate of drug-likeness (QED) is 0.483. The summed E-state index contributed by atoms with van der Waals surface area (Å²) in [4.78, 5) is 26.5. The Morgan fingerprint density at radius 2 is 1.59 bits per heavy atom. The number of urea groups is 1. The first-order valence-electron chi connectivity index (χ1n) is 9.96. The van der Waals surface area contributed by atoms with Crippen LogP contribution in [0.4, 0.5) is 10.7 Å². The number of hydrogen-bond acceptors (Lipinski definition) is 5. The lowest BCUT2D eigenvalue weighted by molar-refractivity contribution is -0.0913. The minimum Gasteiger partial charge on any atom is -0.405 e. The molecule has 150 valence electrons. The van der Waals surface area contributed by atoms with Gasteiger partial charge in [0, 0.05) is 24.2 Å². The van der Waals surface area contributed by atoms with Crippen LogP contribution in [0.2, 0.25) is 0 Å². The molecule has 2 aromatic heterocycles. The highest BCUT2D eigenvalue weighted by molar-refractivity contribution is 6.60. The summed E-state index contributed by atoms with van der Waals surface area (Å²) in [5.74, 6) is 0.732. The van der Waals surface area contributed by atoms with Crippen molar-refractivity contribution in [2.75, 3.05) is 5.32 Å². The van der Waals surface area contributed by atoms with Crippen LogP contribution in [0, 0.1) is 6.92 Å². The molecule has 8 nitrogen and oxygen atoms in total. The number of anilines is 1. The molecule has 0 bridgehead atoms. The van der Waals surface area contributed by atoms with E-state index >= 15 is 0 Å². The van der Waals surface area contributed by atoms with Gasteiger partial charge in [-0.25, -0.2) is 19.7 Å². The monoisotopic (exact) mass is 432 g/mol. The second kappa shape index (κ2) is 7.77. The van der Waals surface area contributed by atoms with Gasteiger partial charge in [0.05, 0.1) is 48.8 Å². The lowest BCUT2D eigenvalue weighted by Gasteiger charge is -2.69. The number of carbonyl (C=O) groups excluding carboxylic acids is 1. The lowest BCUT2D eigenvalue weighted by Crippen LogP contribution is -2.87. The van der Waals surface area contributed by atoms with Crippen LogP contribution in [-0.2, 0) is 11.8 Å². The largest absolute Gasteiger partial charge is 0.405 e. The molecule has 3 aromatic rings. The summed E-state index contributed by atoms with van der Waals surface area (Å²) in [6.45, 7) is 1.89. The van der Waals surface area contributed by atoms with Crippen molar-refractivity contribution in [2.24, 2.45) is 7.05 Å². The Hall–Kier alpha value is -2.48. The number of amides is 2. The third-order valence-corrected chi connectivity index (χ3v) is 5.85. The second-order valence-corrected chi connectivity index (χ2v) is 8.32. The minimum absolute atomic E-state index is 0.117. The van der Waals surface area contributed by atoms with Crippen LogP contribution in [0.3, 0.4) is 0 Å². The zero-order chi connectivity index (χ0) is 25.3. The van der Waals surface area contributed by atoms with E-state index in [9.17, 15) is 4.79 Å². The predicted molar refractivity (Wildman–Crippen MR) is 135 cm³/mol. The fourth-order valence-corrected chi connectivity index (χ4v) is 3.60. The molecule has 0 spiro atoms. The van der Waals surface area contributed by atoms with Crippen LogP contribution in [0.15, 0.2) is 30.6 Å². The fourth-order valence-electron chi connectivity index (χ4n) is 3.60. The number of imidazole rings is 1. The highest BCUT2D eigenvalue weighted by Crippen LogP contribution is 2.40. The van der Waals surface area contributed by atoms with Crippen molar-refractivity contribution in [3.8, 4) is 11.3 Å². The average molecular weight is 431 g/mol. The van der Waals surface area contributed by atoms with Gasteiger partial charge in [-0.3, -0.25) is 5.32 Å². The van der Waals surface area contributed by atoms with E-state index in [-0.39, 0.29) is 5.95 Å². The lowest BCUT2D eigenvalue weighted by atomic mass is 9.30. The first-order chi connectivity index (χ1) is 15.6. The molecule has 0 unspecified atom stereocenters. The Bertz CT molecular complexity index is 1270. The molecule has 16 radical (unpaired) electrons. The second-order valence-electron chi connectivity index (χ2n) is 8.32. The SMILES string of the molecule is [B]C1([B])OC([B])([B])C([B])([B])N(C(=O)Nc2ncc3ccc(-c4cnc(C)n4C)cc3n2)C1([B])[B]. The van der Waals surface area contributed by atoms with E-state index in [0.717, 1.165) is 22.5 Å². The molecule has 1 aliphatic rings. The number of carbonyl (C=O) groups is 1. The van der Waals surface area contributed by atoms with E-state index in [1.165, 1.54) is 6.20 Å². The number of benzene rings is 1. The topological polar surface area (TPSA) is 85.2 Å². The Morgan fingerprint density at radius 3 is 2.15 bits per heavy atom. The molecule has 0 aliphatic carbocycles. The van der Waals surface area contributed by atoms with E-state index in [4.69, 9.17) is 67.5 Å². The van der Waals surface area contributed by atoms with Gasteiger partial charge in [-0.2, -0.15) is 0 Å². The van der Waals surface area contributed by atoms with Crippen LogP contribution in [0.25, 0.3) is 22.2 Å². The molecule has 0 saturated carbocycles. The molecule has 3 heterocycles. The summed E-state index contributed by atoms with van der Waals surface area (Å²) >= 11 is 0. The van der Waals surface area contributed by atoms with Crippen LogP contribution in [-0.4, -0.2) is 115 Å². The number of nitrogens with one attached hydrogen (secondary N) is 1. The number of hydrogen-bond donors (Lipinski definition) is 1. The number of nitrogens with zero attached hydrogens (tertiary/aromatic N) is 5. The Labute approximate surface area is 208 Å². The van der Waals surface area contributed by atoms with Crippen LogP contribution < -0.4 is 5.32 Å². The molecule has 1 aromatic carbocycles. The normalized spacial score (nSPS) is 20.1. The zero-order valence-electron chi connectivity index (χ0n) is 18.6. The number of ether oxygens (including phenoxy) is 1. The molecular weight excluding hydrogens is 419 g/mol. The summed E-state index contributed by atoms with van der Waals surface area (Å²) < 4.78 is 7.03. The standard InChI is InChI=1S/C18H12B8N6O2/c1-8-27-7-12(31(8)2)9-3-4-10-6-28-13(29-11(10)5-9)30-14(33)32-15(19,20)17(23,24)34-18(25,26)16(32,21)22/h3-7H,1-2H3,(H,28,29,30,33). The van der Waals surface area contributed by atoms with Gasteiger partial charge in [0.2, 0.25) is 5.95 Å². The Balaban J connectivity index is 1.70. The third-order valence-electron chi connectivity index (χ3n) is 5.85. The van der Waals surface area contributed by atoms with Crippen molar-refractivity contribution in [2.45, 2.75) is 28.4 Å². The number of aryl methyl sites for hydroxylation is 1. The van der Waals surface area contributed by atoms with Crippen LogP contribution in [0.5, 0.6) is 0 Å². The minimum atomic E-state index is -2.44. The number of rotatable bonds is 2. The van der Waals surface area contributed by atoms with Crippen molar-refractivity contribution < 1.29 is 9.53 Å². The highest BCUT2D eigenvalue weighted by atomic mass is 16.5. The summed E-state index contributed by atoms with van der Waals surface area (Å²) in [6.07, 6.45) is 3.26. The van der Waals surface area contributed by atoms with Crippen molar-refractivity contribution >= 4 is 85.7 Å². The predicted octanol–water partition coefficient (Wildman–Crippen LogP) is -1.83. The van der Waals surface area contributed by atoms with Gasteiger partial charge >= 0.3 is 6.03 Å². The Morgan fingerprint density at radius 1 is 0.971 bits per heavy atom. The van der Waals surface area contributed by atoms with Gasteiger partial charge in [0.25, 0.3) is 0 Å². The summed E-state index contributed by atoms with van der Waals surface area (Å²) in [7, 11) is 49.1. The summed E-state index contributed by atoms with van der Waals surface area (Å²) in [6, 6.07) is 4.49. The van der Waals surface area contributed by atoms with Gasteiger partial charge in [0.15, 0.2) is 0 Å². The van der Waals surface area contributed by atoms with Gasteiger partial charge < -0.3 is 14.2 Å². The third kappa shape index (κ3) is 3.70. The fraction of sp³-hybridized carbons (Fsp3) is 0.333. The van der Waals surface area contributed by atoms with Crippen LogP contribution >= 0.6 is 0 Å². The van der Waals surface area contributed by atoms with Crippen molar-refractivity contribution in [3.05, 3.63) is 36.4 Å². The van der Waals surface area contributed by atoms with Crippen LogP contribution in [0.1, 0.15) is 5.82 Å². The number of aromatic nitrogens is 4. The average Bonchev–Trinajstić information content (AvgIpc) is 3.03. The van der Waals surface area contributed by atoms with Gasteiger partial charge in [-0.1, -0.05) is 12.1 Å². The highest BCUT2D eigenvalue weighted by Gasteiger charge is 2.58. The molecule has 0 atom stereocenters. The van der Waals surface area contributed by atoms with E-state index in [1.54, 1.807) is 6.20 Å². The van der Waals surface area contributed by atoms with Crippen molar-refractivity contribution in [1.29, 1.82) is 0 Å². The Kier molecular flexibility index (Phi) is 5.63. The molecule has 1 N–H and O–H groups in total. The molecule has 4 rings (SSSR count).